The molecule has 0 aliphatic heterocycles. The lowest BCUT2D eigenvalue weighted by molar-refractivity contribution is 0.0600. The summed E-state index contributed by atoms with van der Waals surface area (Å²) in [7, 11) is 1.38. The number of nitrogens with zero attached hydrogens (tertiary/aromatic N) is 2. The van der Waals surface area contributed by atoms with E-state index in [-0.39, 0.29) is 5.97 Å². The van der Waals surface area contributed by atoms with Gasteiger partial charge in [-0.1, -0.05) is 6.07 Å². The van der Waals surface area contributed by atoms with Gasteiger partial charge in [0.1, 0.15) is 0 Å². The summed E-state index contributed by atoms with van der Waals surface area (Å²) in [6, 6.07) is 8.64. The van der Waals surface area contributed by atoms with Gasteiger partial charge in [-0.15, -0.1) is 11.3 Å². The van der Waals surface area contributed by atoms with Gasteiger partial charge in [0.25, 0.3) is 0 Å². The first kappa shape index (κ1) is 14.2. The van der Waals surface area contributed by atoms with E-state index < -0.39 is 0 Å². The molecule has 0 N–H and O–H groups in total. The number of thiophene rings is 1. The highest BCUT2D eigenvalue weighted by Crippen LogP contribution is 2.30. The first-order valence-electron chi connectivity index (χ1n) is 7.06. The van der Waals surface area contributed by atoms with E-state index >= 15 is 0 Å². The quantitative estimate of drug-likeness (QED) is 0.769. The number of esters is 1. The lowest BCUT2D eigenvalue weighted by Gasteiger charge is -2.20. The average Bonchev–Trinajstić information content (AvgIpc) is 3.24. The van der Waals surface area contributed by atoms with E-state index in [0.717, 1.165) is 18.8 Å². The van der Waals surface area contributed by atoms with Gasteiger partial charge in [-0.2, -0.15) is 0 Å². The third-order valence-corrected chi connectivity index (χ3v) is 4.47. The first-order chi connectivity index (χ1) is 10.3. The second-order valence-corrected chi connectivity index (χ2v) is 6.28. The van der Waals surface area contributed by atoms with Crippen LogP contribution in [0.15, 0.2) is 35.8 Å². The number of pyridine rings is 1. The van der Waals surface area contributed by atoms with Crippen LogP contribution in [-0.4, -0.2) is 29.0 Å². The third kappa shape index (κ3) is 3.68. The zero-order chi connectivity index (χ0) is 14.7. The van der Waals surface area contributed by atoms with Crippen molar-refractivity contribution in [2.24, 2.45) is 0 Å². The zero-order valence-electron chi connectivity index (χ0n) is 12.0. The number of rotatable bonds is 6. The molecule has 0 atom stereocenters. The van der Waals surface area contributed by atoms with Crippen LogP contribution < -0.4 is 0 Å². The van der Waals surface area contributed by atoms with E-state index in [0.29, 0.717) is 11.6 Å². The minimum absolute atomic E-state index is 0.341. The molecular formula is C16H18N2O2S. The van der Waals surface area contributed by atoms with E-state index in [1.807, 2.05) is 6.07 Å². The number of carbonyl (C=O) groups is 1. The Labute approximate surface area is 128 Å². The second kappa shape index (κ2) is 6.37. The van der Waals surface area contributed by atoms with Crippen LogP contribution in [0.25, 0.3) is 0 Å². The topological polar surface area (TPSA) is 42.4 Å². The molecule has 0 unspecified atom stereocenters. The van der Waals surface area contributed by atoms with Gasteiger partial charge in [0.05, 0.1) is 18.4 Å². The SMILES string of the molecule is COC(=O)c1ccc(CN(Cc2cccs2)C2CC2)nc1. The summed E-state index contributed by atoms with van der Waals surface area (Å²) in [5.41, 5.74) is 1.49. The Bertz CT molecular complexity index is 591. The summed E-state index contributed by atoms with van der Waals surface area (Å²) >= 11 is 1.79. The number of carbonyl (C=O) groups excluding carboxylic acids is 1. The van der Waals surface area contributed by atoms with Crippen LogP contribution in [-0.2, 0) is 17.8 Å². The van der Waals surface area contributed by atoms with Gasteiger partial charge in [0.15, 0.2) is 0 Å². The molecule has 0 saturated heterocycles. The summed E-state index contributed by atoms with van der Waals surface area (Å²) < 4.78 is 4.69. The Morgan fingerprint density at radius 3 is 2.81 bits per heavy atom. The van der Waals surface area contributed by atoms with Crippen molar-refractivity contribution in [1.29, 1.82) is 0 Å². The molecule has 2 heterocycles. The fourth-order valence-electron chi connectivity index (χ4n) is 2.32. The van der Waals surface area contributed by atoms with Gasteiger partial charge in [0, 0.05) is 30.2 Å². The number of hydrogen-bond donors (Lipinski definition) is 0. The molecule has 0 amide bonds. The van der Waals surface area contributed by atoms with E-state index in [1.54, 1.807) is 23.6 Å². The molecule has 2 aromatic rings. The number of methoxy groups -OCH3 is 1. The van der Waals surface area contributed by atoms with E-state index in [9.17, 15) is 4.79 Å². The fraction of sp³-hybridized carbons (Fsp3) is 0.375. The molecule has 1 aliphatic carbocycles. The predicted molar refractivity (Wildman–Crippen MR) is 82.2 cm³/mol. The molecule has 110 valence electrons. The molecule has 1 saturated carbocycles. The van der Waals surface area contributed by atoms with Crippen molar-refractivity contribution in [2.75, 3.05) is 7.11 Å². The van der Waals surface area contributed by atoms with Gasteiger partial charge in [-0.25, -0.2) is 4.79 Å². The van der Waals surface area contributed by atoms with Gasteiger partial charge in [0.2, 0.25) is 0 Å². The van der Waals surface area contributed by atoms with Gasteiger partial charge in [-0.05, 0) is 36.4 Å². The molecule has 2 aromatic heterocycles. The zero-order valence-corrected chi connectivity index (χ0v) is 12.8. The van der Waals surface area contributed by atoms with Crippen LogP contribution in [0.5, 0.6) is 0 Å². The van der Waals surface area contributed by atoms with Crippen molar-refractivity contribution < 1.29 is 9.53 Å². The van der Waals surface area contributed by atoms with Gasteiger partial charge in [-0.3, -0.25) is 9.88 Å². The second-order valence-electron chi connectivity index (χ2n) is 5.25. The molecular weight excluding hydrogens is 284 g/mol. The highest BCUT2D eigenvalue weighted by Gasteiger charge is 2.29. The van der Waals surface area contributed by atoms with E-state index in [1.165, 1.54) is 24.8 Å². The van der Waals surface area contributed by atoms with Crippen LogP contribution in [0.3, 0.4) is 0 Å². The van der Waals surface area contributed by atoms with Gasteiger partial charge >= 0.3 is 5.97 Å². The standard InChI is InChI=1S/C16H18N2O2S/c1-20-16(19)12-4-5-13(17-9-12)10-18(14-6-7-14)11-15-3-2-8-21-15/h2-5,8-9,14H,6-7,10-11H2,1H3. The minimum Gasteiger partial charge on any atom is -0.465 e. The molecule has 4 nitrogen and oxygen atoms in total. The number of hydrogen-bond acceptors (Lipinski definition) is 5. The molecule has 0 spiro atoms. The van der Waals surface area contributed by atoms with Crippen LogP contribution >= 0.6 is 11.3 Å². The molecule has 0 bridgehead atoms. The molecule has 3 rings (SSSR count). The summed E-state index contributed by atoms with van der Waals surface area (Å²) in [5.74, 6) is -0.341. The smallest absolute Gasteiger partial charge is 0.339 e. The maximum atomic E-state index is 11.4. The lowest BCUT2D eigenvalue weighted by atomic mass is 10.2. The van der Waals surface area contributed by atoms with Crippen molar-refractivity contribution in [3.05, 3.63) is 52.0 Å². The number of ether oxygens (including phenoxy) is 1. The van der Waals surface area contributed by atoms with Crippen molar-refractivity contribution in [2.45, 2.75) is 32.0 Å². The van der Waals surface area contributed by atoms with Crippen molar-refractivity contribution >= 4 is 17.3 Å². The van der Waals surface area contributed by atoms with E-state index in [2.05, 4.69) is 32.1 Å². The van der Waals surface area contributed by atoms with Crippen LogP contribution in [0, 0.1) is 0 Å². The van der Waals surface area contributed by atoms with E-state index in [4.69, 9.17) is 0 Å². The van der Waals surface area contributed by atoms with Crippen molar-refractivity contribution in [1.82, 2.24) is 9.88 Å². The highest BCUT2D eigenvalue weighted by molar-refractivity contribution is 7.09. The van der Waals surface area contributed by atoms with Crippen LogP contribution in [0.1, 0.15) is 33.8 Å². The Kier molecular flexibility index (Phi) is 4.31. The molecule has 21 heavy (non-hydrogen) atoms. The Morgan fingerprint density at radius 1 is 1.38 bits per heavy atom. The van der Waals surface area contributed by atoms with Crippen molar-refractivity contribution in [3.8, 4) is 0 Å². The van der Waals surface area contributed by atoms with Crippen LogP contribution in [0.4, 0.5) is 0 Å². The third-order valence-electron chi connectivity index (χ3n) is 3.61. The number of aromatic nitrogens is 1. The Hall–Kier alpha value is -1.72. The minimum atomic E-state index is -0.341. The molecule has 5 heteroatoms. The Morgan fingerprint density at radius 2 is 2.24 bits per heavy atom. The largest absolute Gasteiger partial charge is 0.465 e. The maximum absolute atomic E-state index is 11.4. The highest BCUT2D eigenvalue weighted by atomic mass is 32.1. The fourth-order valence-corrected chi connectivity index (χ4v) is 3.05. The van der Waals surface area contributed by atoms with Gasteiger partial charge < -0.3 is 4.74 Å². The predicted octanol–water partition coefficient (Wildman–Crippen LogP) is 3.09. The Balaban J connectivity index is 1.66. The van der Waals surface area contributed by atoms with Crippen molar-refractivity contribution in [3.63, 3.8) is 0 Å². The lowest BCUT2D eigenvalue weighted by Crippen LogP contribution is -2.25. The molecule has 0 aromatic carbocycles. The first-order valence-corrected chi connectivity index (χ1v) is 7.94. The summed E-state index contributed by atoms with van der Waals surface area (Å²) in [6.45, 7) is 1.80. The summed E-state index contributed by atoms with van der Waals surface area (Å²) in [4.78, 5) is 19.6. The monoisotopic (exact) mass is 302 g/mol. The maximum Gasteiger partial charge on any atom is 0.339 e. The summed E-state index contributed by atoms with van der Waals surface area (Å²) in [6.07, 6.45) is 4.13. The van der Waals surface area contributed by atoms with Crippen LogP contribution in [0.2, 0.25) is 0 Å². The average molecular weight is 302 g/mol. The molecule has 1 fully saturated rings. The normalized spacial score (nSPS) is 14.4. The summed E-state index contributed by atoms with van der Waals surface area (Å²) in [5, 5.41) is 2.11. The molecule has 1 aliphatic rings. The molecule has 0 radical (unpaired) electrons.